The van der Waals surface area contributed by atoms with Crippen molar-refractivity contribution in [3.63, 3.8) is 0 Å². The number of aliphatic hydroxyl groups is 1. The van der Waals surface area contributed by atoms with Gasteiger partial charge in [0.05, 0.1) is 12.6 Å². The van der Waals surface area contributed by atoms with Crippen molar-refractivity contribution in [2.24, 2.45) is 0 Å². The molecular weight excluding hydrogens is 194 g/mol. The Morgan fingerprint density at radius 2 is 2.21 bits per heavy atom. The fourth-order valence-corrected chi connectivity index (χ4v) is 3.20. The van der Waals surface area contributed by atoms with Crippen LogP contribution in [0.5, 0.6) is 0 Å². The van der Waals surface area contributed by atoms with Crippen LogP contribution in [0.3, 0.4) is 0 Å². The zero-order valence-electron chi connectivity index (χ0n) is 8.57. The predicted octanol–water partition coefficient (Wildman–Crippen LogP) is 2.19. The van der Waals surface area contributed by atoms with Crippen LogP contribution in [0.15, 0.2) is 11.4 Å². The van der Waals surface area contributed by atoms with Crippen LogP contribution in [-0.2, 0) is 0 Å². The number of likely N-dealkylation sites (tertiary alicyclic amines) is 1. The van der Waals surface area contributed by atoms with Gasteiger partial charge < -0.3 is 5.11 Å². The summed E-state index contributed by atoms with van der Waals surface area (Å²) in [5.74, 6) is 0. The van der Waals surface area contributed by atoms with E-state index in [1.807, 2.05) is 0 Å². The first-order valence-corrected chi connectivity index (χ1v) is 6.10. The first-order valence-electron chi connectivity index (χ1n) is 5.22. The molecule has 0 bridgehead atoms. The van der Waals surface area contributed by atoms with Crippen molar-refractivity contribution in [1.82, 2.24) is 4.90 Å². The normalized spacial score (nSPS) is 20.1. The summed E-state index contributed by atoms with van der Waals surface area (Å²) in [4.78, 5) is 3.74. The summed E-state index contributed by atoms with van der Waals surface area (Å²) in [7, 11) is 0. The Balaban J connectivity index is 2.16. The average Bonchev–Trinajstić information content (AvgIpc) is 2.80. The molecule has 1 unspecified atom stereocenters. The molecule has 1 saturated heterocycles. The third kappa shape index (κ3) is 1.85. The van der Waals surface area contributed by atoms with E-state index in [0.29, 0.717) is 0 Å². The van der Waals surface area contributed by atoms with Crippen LogP contribution in [-0.4, -0.2) is 29.7 Å². The maximum atomic E-state index is 9.45. The fraction of sp³-hybridized carbons (Fsp3) is 0.636. The smallest absolute Gasteiger partial charge is 0.0677 e. The highest BCUT2D eigenvalue weighted by atomic mass is 32.1. The van der Waals surface area contributed by atoms with Crippen LogP contribution in [0, 0.1) is 6.92 Å². The number of aliphatic hydroxyl groups excluding tert-OH is 1. The summed E-state index contributed by atoms with van der Waals surface area (Å²) >= 11 is 1.77. The molecule has 0 aromatic carbocycles. The number of thiophene rings is 1. The van der Waals surface area contributed by atoms with E-state index in [-0.39, 0.29) is 12.6 Å². The lowest BCUT2D eigenvalue weighted by atomic mass is 10.1. The molecule has 2 rings (SSSR count). The van der Waals surface area contributed by atoms with E-state index >= 15 is 0 Å². The van der Waals surface area contributed by atoms with Crippen LogP contribution in [0.25, 0.3) is 0 Å². The molecule has 14 heavy (non-hydrogen) atoms. The third-order valence-corrected chi connectivity index (χ3v) is 4.08. The maximum absolute atomic E-state index is 9.45. The van der Waals surface area contributed by atoms with Crippen LogP contribution in [0.4, 0.5) is 0 Å². The zero-order chi connectivity index (χ0) is 9.97. The molecule has 1 aromatic rings. The predicted molar refractivity (Wildman–Crippen MR) is 59.7 cm³/mol. The molecule has 1 aliphatic heterocycles. The SMILES string of the molecule is Cc1ccsc1C(CO)N1CCCC1. The molecule has 0 radical (unpaired) electrons. The summed E-state index contributed by atoms with van der Waals surface area (Å²) in [6.07, 6.45) is 2.56. The second-order valence-corrected chi connectivity index (χ2v) is 4.86. The molecule has 1 aliphatic rings. The van der Waals surface area contributed by atoms with Gasteiger partial charge in [0.25, 0.3) is 0 Å². The van der Waals surface area contributed by atoms with Gasteiger partial charge in [-0.15, -0.1) is 11.3 Å². The van der Waals surface area contributed by atoms with Crippen molar-refractivity contribution >= 4 is 11.3 Å². The van der Waals surface area contributed by atoms with Gasteiger partial charge in [0.15, 0.2) is 0 Å². The zero-order valence-corrected chi connectivity index (χ0v) is 9.39. The van der Waals surface area contributed by atoms with Crippen LogP contribution < -0.4 is 0 Å². The Hall–Kier alpha value is -0.380. The van der Waals surface area contributed by atoms with Crippen molar-refractivity contribution < 1.29 is 5.11 Å². The summed E-state index contributed by atoms with van der Waals surface area (Å²) < 4.78 is 0. The van der Waals surface area contributed by atoms with Crippen molar-refractivity contribution in [1.29, 1.82) is 0 Å². The maximum Gasteiger partial charge on any atom is 0.0677 e. The molecule has 0 aliphatic carbocycles. The van der Waals surface area contributed by atoms with Gasteiger partial charge in [-0.1, -0.05) is 0 Å². The Labute approximate surface area is 89.2 Å². The lowest BCUT2D eigenvalue weighted by Gasteiger charge is -2.25. The minimum atomic E-state index is 0.248. The van der Waals surface area contributed by atoms with Gasteiger partial charge in [-0.25, -0.2) is 0 Å². The van der Waals surface area contributed by atoms with Gasteiger partial charge in [-0.3, -0.25) is 4.90 Å². The van der Waals surface area contributed by atoms with Crippen molar-refractivity contribution in [2.75, 3.05) is 19.7 Å². The first kappa shape index (κ1) is 10.1. The van der Waals surface area contributed by atoms with Crippen molar-refractivity contribution in [2.45, 2.75) is 25.8 Å². The average molecular weight is 211 g/mol. The third-order valence-electron chi connectivity index (χ3n) is 2.96. The van der Waals surface area contributed by atoms with E-state index in [1.54, 1.807) is 11.3 Å². The van der Waals surface area contributed by atoms with Gasteiger partial charge in [0.1, 0.15) is 0 Å². The molecule has 1 fully saturated rings. The van der Waals surface area contributed by atoms with Crippen LogP contribution >= 0.6 is 11.3 Å². The highest BCUT2D eigenvalue weighted by molar-refractivity contribution is 7.10. The molecule has 1 atom stereocenters. The number of nitrogens with zero attached hydrogens (tertiary/aromatic N) is 1. The van der Waals surface area contributed by atoms with Gasteiger partial charge in [0, 0.05) is 4.88 Å². The number of aryl methyl sites for hydroxylation is 1. The van der Waals surface area contributed by atoms with E-state index in [9.17, 15) is 5.11 Å². The summed E-state index contributed by atoms with van der Waals surface area (Å²) in [5, 5.41) is 11.6. The molecule has 1 N–H and O–H groups in total. The first-order chi connectivity index (χ1) is 6.83. The van der Waals surface area contributed by atoms with E-state index in [1.165, 1.54) is 23.3 Å². The minimum absolute atomic E-state index is 0.248. The van der Waals surface area contributed by atoms with E-state index in [0.717, 1.165) is 13.1 Å². The topological polar surface area (TPSA) is 23.5 Å². The molecule has 1 aromatic heterocycles. The van der Waals surface area contributed by atoms with Gasteiger partial charge in [-0.05, 0) is 49.9 Å². The lowest BCUT2D eigenvalue weighted by molar-refractivity contribution is 0.149. The Bertz CT molecular complexity index is 291. The van der Waals surface area contributed by atoms with Crippen molar-refractivity contribution in [3.05, 3.63) is 21.9 Å². The summed E-state index contributed by atoms with van der Waals surface area (Å²) in [6, 6.07) is 2.39. The Kier molecular flexibility index (Phi) is 3.21. The van der Waals surface area contributed by atoms with E-state index < -0.39 is 0 Å². The lowest BCUT2D eigenvalue weighted by Crippen LogP contribution is -2.27. The standard InChI is InChI=1S/C11H17NOS/c1-9-4-7-14-11(9)10(8-13)12-5-2-3-6-12/h4,7,10,13H,2-3,5-6,8H2,1H3. The molecular formula is C11H17NOS. The van der Waals surface area contributed by atoms with E-state index in [4.69, 9.17) is 0 Å². The van der Waals surface area contributed by atoms with Gasteiger partial charge >= 0.3 is 0 Å². The molecule has 78 valence electrons. The Morgan fingerprint density at radius 3 is 2.71 bits per heavy atom. The highest BCUT2D eigenvalue weighted by Crippen LogP contribution is 2.30. The summed E-state index contributed by atoms with van der Waals surface area (Å²) in [5.41, 5.74) is 1.32. The highest BCUT2D eigenvalue weighted by Gasteiger charge is 2.24. The molecule has 3 heteroatoms. The largest absolute Gasteiger partial charge is 0.394 e. The molecule has 0 spiro atoms. The summed E-state index contributed by atoms with van der Waals surface area (Å²) in [6.45, 7) is 4.66. The molecule has 0 amide bonds. The number of rotatable bonds is 3. The fourth-order valence-electron chi connectivity index (χ4n) is 2.14. The van der Waals surface area contributed by atoms with Crippen molar-refractivity contribution in [3.8, 4) is 0 Å². The van der Waals surface area contributed by atoms with Gasteiger partial charge in [0.2, 0.25) is 0 Å². The second-order valence-electron chi connectivity index (χ2n) is 3.91. The van der Waals surface area contributed by atoms with Crippen LogP contribution in [0.2, 0.25) is 0 Å². The number of hydrogen-bond donors (Lipinski definition) is 1. The second kappa shape index (κ2) is 4.43. The molecule has 0 saturated carbocycles. The molecule has 2 nitrogen and oxygen atoms in total. The Morgan fingerprint density at radius 1 is 1.50 bits per heavy atom. The number of hydrogen-bond acceptors (Lipinski definition) is 3. The van der Waals surface area contributed by atoms with Gasteiger partial charge in [-0.2, -0.15) is 0 Å². The quantitative estimate of drug-likeness (QED) is 0.828. The monoisotopic (exact) mass is 211 g/mol. The molecule has 2 heterocycles. The van der Waals surface area contributed by atoms with E-state index in [2.05, 4.69) is 23.3 Å². The van der Waals surface area contributed by atoms with Crippen LogP contribution in [0.1, 0.15) is 29.3 Å². The minimum Gasteiger partial charge on any atom is -0.394 e.